The van der Waals surface area contributed by atoms with Crippen LogP contribution in [0.5, 0.6) is 0 Å². The Morgan fingerprint density at radius 3 is 2.57 bits per heavy atom. The van der Waals surface area contributed by atoms with Gasteiger partial charge in [-0.2, -0.15) is 0 Å². The van der Waals surface area contributed by atoms with E-state index in [-0.39, 0.29) is 0 Å². The number of carboxylic acid groups (broad SMARTS) is 1. The minimum absolute atomic E-state index is 0.535. The van der Waals surface area contributed by atoms with Crippen molar-refractivity contribution in [1.82, 2.24) is 0 Å². The maximum Gasteiger partial charge on any atom is 0.349 e. The molecule has 0 saturated heterocycles. The second kappa shape index (κ2) is 3.69. The minimum Gasteiger partial charge on any atom is -0.479 e. The number of hydrogen-bond donors (Lipinski definition) is 1. The van der Waals surface area contributed by atoms with E-state index in [4.69, 9.17) is 5.11 Å². The van der Waals surface area contributed by atoms with Crippen LogP contribution in [0.3, 0.4) is 0 Å². The summed E-state index contributed by atoms with van der Waals surface area (Å²) < 4.78 is 38.3. The van der Waals surface area contributed by atoms with E-state index < -0.39 is 29.7 Å². The molecule has 1 unspecified atom stereocenters. The standard InChI is InChI=1S/C9H7F3O2/c10-5-9(12,8(13)14)6-2-1-3-7(11)4-6/h1-4H,5H2,(H,13,14). The van der Waals surface area contributed by atoms with Crippen LogP contribution in [0.1, 0.15) is 5.56 Å². The molecule has 1 atom stereocenters. The maximum absolute atomic E-state index is 13.4. The first-order chi connectivity index (χ1) is 6.50. The lowest BCUT2D eigenvalue weighted by atomic mass is 9.97. The first kappa shape index (κ1) is 10.6. The summed E-state index contributed by atoms with van der Waals surface area (Å²) in [4.78, 5) is 10.4. The molecule has 0 aliphatic rings. The first-order valence-electron chi connectivity index (χ1n) is 3.75. The van der Waals surface area contributed by atoms with Gasteiger partial charge in [0.1, 0.15) is 12.5 Å². The lowest BCUT2D eigenvalue weighted by Crippen LogP contribution is -2.33. The van der Waals surface area contributed by atoms with Crippen LogP contribution in [0, 0.1) is 5.82 Å². The topological polar surface area (TPSA) is 37.3 Å². The zero-order chi connectivity index (χ0) is 10.8. The lowest BCUT2D eigenvalue weighted by molar-refractivity contribution is -0.152. The van der Waals surface area contributed by atoms with E-state index in [1.54, 1.807) is 0 Å². The van der Waals surface area contributed by atoms with Gasteiger partial charge in [-0.3, -0.25) is 0 Å². The summed E-state index contributed by atoms with van der Waals surface area (Å²) in [5.74, 6) is -2.77. The van der Waals surface area contributed by atoms with Gasteiger partial charge in [0.25, 0.3) is 5.67 Å². The van der Waals surface area contributed by atoms with Crippen LogP contribution in [-0.4, -0.2) is 17.8 Å². The molecule has 76 valence electrons. The molecule has 0 aliphatic heterocycles. The molecule has 0 saturated carbocycles. The van der Waals surface area contributed by atoms with Gasteiger partial charge in [0.05, 0.1) is 0 Å². The summed E-state index contributed by atoms with van der Waals surface area (Å²) >= 11 is 0. The SMILES string of the molecule is O=C(O)C(F)(CF)c1cccc(F)c1. The Hall–Kier alpha value is -1.52. The average Bonchev–Trinajstić information content (AvgIpc) is 2.16. The summed E-state index contributed by atoms with van der Waals surface area (Å²) in [6.45, 7) is -1.73. The fraction of sp³-hybridized carbons (Fsp3) is 0.222. The predicted octanol–water partition coefficient (Wildman–Crippen LogP) is 2.04. The quantitative estimate of drug-likeness (QED) is 0.818. The molecule has 0 bridgehead atoms. The van der Waals surface area contributed by atoms with Gasteiger partial charge in [-0.15, -0.1) is 0 Å². The molecule has 0 aliphatic carbocycles. The maximum atomic E-state index is 13.4. The van der Waals surface area contributed by atoms with Crippen molar-refractivity contribution >= 4 is 5.97 Å². The zero-order valence-corrected chi connectivity index (χ0v) is 7.01. The van der Waals surface area contributed by atoms with Gasteiger partial charge in [-0.05, 0) is 12.1 Å². The van der Waals surface area contributed by atoms with Gasteiger partial charge in [-0.1, -0.05) is 12.1 Å². The summed E-state index contributed by atoms with van der Waals surface area (Å²) in [5.41, 5.74) is -3.70. The highest BCUT2D eigenvalue weighted by molar-refractivity contribution is 5.79. The largest absolute Gasteiger partial charge is 0.479 e. The number of carboxylic acids is 1. The fourth-order valence-corrected chi connectivity index (χ4v) is 0.993. The van der Waals surface area contributed by atoms with E-state index in [0.29, 0.717) is 6.07 Å². The zero-order valence-electron chi connectivity index (χ0n) is 7.01. The van der Waals surface area contributed by atoms with Crippen LogP contribution in [0.2, 0.25) is 0 Å². The Kier molecular flexibility index (Phi) is 2.78. The van der Waals surface area contributed by atoms with Crippen LogP contribution in [0.15, 0.2) is 24.3 Å². The number of halogens is 3. The van der Waals surface area contributed by atoms with Crippen LogP contribution in [0.25, 0.3) is 0 Å². The molecule has 1 aromatic carbocycles. The molecule has 0 amide bonds. The smallest absolute Gasteiger partial charge is 0.349 e. The number of alkyl halides is 2. The van der Waals surface area contributed by atoms with Crippen molar-refractivity contribution in [2.24, 2.45) is 0 Å². The van der Waals surface area contributed by atoms with Gasteiger partial charge in [0.2, 0.25) is 0 Å². The van der Waals surface area contributed by atoms with Crippen molar-refractivity contribution in [1.29, 1.82) is 0 Å². The van der Waals surface area contributed by atoms with Crippen LogP contribution in [-0.2, 0) is 10.5 Å². The summed E-state index contributed by atoms with van der Waals surface area (Å²) in [6, 6.07) is 3.83. The Morgan fingerprint density at radius 1 is 1.50 bits per heavy atom. The highest BCUT2D eigenvalue weighted by Crippen LogP contribution is 2.27. The van der Waals surface area contributed by atoms with E-state index >= 15 is 0 Å². The molecular formula is C9H7F3O2. The number of carbonyl (C=O) groups is 1. The third-order valence-corrected chi connectivity index (χ3v) is 1.81. The predicted molar refractivity (Wildman–Crippen MR) is 42.8 cm³/mol. The average molecular weight is 204 g/mol. The van der Waals surface area contributed by atoms with Crippen molar-refractivity contribution < 1.29 is 23.1 Å². The molecule has 2 nitrogen and oxygen atoms in total. The molecule has 5 heteroatoms. The van der Waals surface area contributed by atoms with Crippen molar-refractivity contribution in [3.63, 3.8) is 0 Å². The van der Waals surface area contributed by atoms with Crippen molar-refractivity contribution in [2.75, 3.05) is 6.67 Å². The van der Waals surface area contributed by atoms with Gasteiger partial charge in [-0.25, -0.2) is 18.0 Å². The highest BCUT2D eigenvalue weighted by atomic mass is 19.2. The summed E-state index contributed by atoms with van der Waals surface area (Å²) in [6.07, 6.45) is 0. The number of rotatable bonds is 3. The fourth-order valence-electron chi connectivity index (χ4n) is 0.993. The molecule has 1 rings (SSSR count). The molecule has 1 N–H and O–H groups in total. The minimum atomic E-state index is -3.16. The Labute approximate surface area is 78.0 Å². The Morgan fingerprint density at radius 2 is 2.14 bits per heavy atom. The molecule has 0 heterocycles. The third-order valence-electron chi connectivity index (χ3n) is 1.81. The third kappa shape index (κ3) is 1.71. The number of benzene rings is 1. The van der Waals surface area contributed by atoms with Gasteiger partial charge >= 0.3 is 5.97 Å². The monoisotopic (exact) mass is 204 g/mol. The van der Waals surface area contributed by atoms with Gasteiger partial charge in [0, 0.05) is 5.56 Å². The second-order valence-corrected chi connectivity index (χ2v) is 2.75. The van der Waals surface area contributed by atoms with Crippen LogP contribution >= 0.6 is 0 Å². The van der Waals surface area contributed by atoms with E-state index in [1.807, 2.05) is 0 Å². The van der Waals surface area contributed by atoms with Crippen LogP contribution in [0.4, 0.5) is 13.2 Å². The second-order valence-electron chi connectivity index (χ2n) is 2.75. The normalized spacial score (nSPS) is 14.8. The summed E-state index contributed by atoms with van der Waals surface area (Å²) in [5, 5.41) is 8.44. The molecule has 0 fully saturated rings. The molecule has 0 spiro atoms. The van der Waals surface area contributed by atoms with E-state index in [1.165, 1.54) is 0 Å². The molecular weight excluding hydrogens is 197 g/mol. The lowest BCUT2D eigenvalue weighted by Gasteiger charge is -2.16. The molecule has 0 aromatic heterocycles. The van der Waals surface area contributed by atoms with Crippen molar-refractivity contribution in [3.8, 4) is 0 Å². The van der Waals surface area contributed by atoms with Gasteiger partial charge in [0.15, 0.2) is 0 Å². The number of aliphatic carboxylic acids is 1. The van der Waals surface area contributed by atoms with Crippen molar-refractivity contribution in [2.45, 2.75) is 5.67 Å². The van der Waals surface area contributed by atoms with E-state index in [0.717, 1.165) is 18.2 Å². The number of hydrogen-bond acceptors (Lipinski definition) is 1. The Balaban J connectivity index is 3.19. The highest BCUT2D eigenvalue weighted by Gasteiger charge is 2.41. The first-order valence-corrected chi connectivity index (χ1v) is 3.75. The molecule has 1 aromatic rings. The summed E-state index contributed by atoms with van der Waals surface area (Å²) in [7, 11) is 0. The van der Waals surface area contributed by atoms with E-state index in [2.05, 4.69) is 0 Å². The molecule has 14 heavy (non-hydrogen) atoms. The van der Waals surface area contributed by atoms with Crippen LogP contribution < -0.4 is 0 Å². The van der Waals surface area contributed by atoms with Crippen molar-refractivity contribution in [3.05, 3.63) is 35.6 Å². The Bertz CT molecular complexity index is 354. The van der Waals surface area contributed by atoms with E-state index in [9.17, 15) is 18.0 Å². The molecule has 0 radical (unpaired) electrons. The van der Waals surface area contributed by atoms with Gasteiger partial charge < -0.3 is 5.11 Å².